The summed E-state index contributed by atoms with van der Waals surface area (Å²) in [6, 6.07) is 7.89. The van der Waals surface area contributed by atoms with Crippen molar-refractivity contribution in [3.8, 4) is 5.75 Å². The summed E-state index contributed by atoms with van der Waals surface area (Å²) in [6.07, 6.45) is 3.33. The number of rotatable bonds is 6. The van der Waals surface area contributed by atoms with E-state index in [4.69, 9.17) is 22.7 Å². The number of amides is 1. The Bertz CT molecular complexity index is 519. The van der Waals surface area contributed by atoms with Crippen LogP contribution in [-0.4, -0.2) is 23.5 Å². The summed E-state index contributed by atoms with van der Waals surface area (Å²) in [5, 5.41) is 3.02. The van der Waals surface area contributed by atoms with Crippen molar-refractivity contribution in [3.63, 3.8) is 0 Å². The van der Waals surface area contributed by atoms with Crippen LogP contribution in [0.2, 0.25) is 0 Å². The predicted molar refractivity (Wildman–Crippen MR) is 87.3 cm³/mol. The number of ether oxygens (including phenoxy) is 1. The fourth-order valence-electron chi connectivity index (χ4n) is 2.72. The van der Waals surface area contributed by atoms with E-state index in [-0.39, 0.29) is 17.9 Å². The second-order valence-electron chi connectivity index (χ2n) is 5.53. The molecule has 3 N–H and O–H groups in total. The Hall–Kier alpha value is -1.62. The number of thiocarbonyl (C=S) groups is 1. The Labute approximate surface area is 131 Å². The van der Waals surface area contributed by atoms with Crippen LogP contribution in [0.3, 0.4) is 0 Å². The van der Waals surface area contributed by atoms with Gasteiger partial charge in [0, 0.05) is 12.0 Å². The third kappa shape index (κ3) is 4.70. The zero-order valence-corrected chi connectivity index (χ0v) is 13.1. The molecule has 114 valence electrons. The van der Waals surface area contributed by atoms with Crippen molar-refractivity contribution in [2.24, 2.45) is 11.7 Å². The van der Waals surface area contributed by atoms with Crippen LogP contribution in [0, 0.1) is 12.8 Å². The molecule has 1 amide bonds. The van der Waals surface area contributed by atoms with E-state index in [0.29, 0.717) is 18.0 Å². The molecule has 1 aliphatic carbocycles. The van der Waals surface area contributed by atoms with E-state index in [0.717, 1.165) is 30.6 Å². The highest BCUT2D eigenvalue weighted by atomic mass is 32.1. The maximum Gasteiger partial charge on any atom is 0.223 e. The second kappa shape index (κ2) is 7.41. The maximum absolute atomic E-state index is 11.9. The number of carbonyl (C=O) groups is 1. The van der Waals surface area contributed by atoms with Gasteiger partial charge in [-0.05, 0) is 37.5 Å². The first-order chi connectivity index (χ1) is 10.1. The molecule has 1 saturated carbocycles. The lowest BCUT2D eigenvalue weighted by molar-refractivity contribution is -0.122. The largest absolute Gasteiger partial charge is 0.493 e. The van der Waals surface area contributed by atoms with Crippen molar-refractivity contribution in [1.82, 2.24) is 5.32 Å². The molecule has 21 heavy (non-hydrogen) atoms. The summed E-state index contributed by atoms with van der Waals surface area (Å²) in [5.74, 6) is 0.933. The molecular formula is C16H22N2O2S. The molecule has 0 spiro atoms. The Kier molecular flexibility index (Phi) is 5.56. The van der Waals surface area contributed by atoms with Crippen molar-refractivity contribution < 1.29 is 9.53 Å². The van der Waals surface area contributed by atoms with Crippen molar-refractivity contribution in [2.45, 2.75) is 38.6 Å². The van der Waals surface area contributed by atoms with Gasteiger partial charge in [0.15, 0.2) is 0 Å². The molecule has 0 saturated heterocycles. The van der Waals surface area contributed by atoms with Crippen LogP contribution in [0.5, 0.6) is 5.75 Å². The first-order valence-electron chi connectivity index (χ1n) is 7.34. The Morgan fingerprint density at radius 1 is 1.48 bits per heavy atom. The van der Waals surface area contributed by atoms with Crippen LogP contribution < -0.4 is 15.8 Å². The summed E-state index contributed by atoms with van der Waals surface area (Å²) >= 11 is 5.05. The van der Waals surface area contributed by atoms with Crippen LogP contribution in [0.1, 0.15) is 31.2 Å². The van der Waals surface area contributed by atoms with Gasteiger partial charge in [-0.2, -0.15) is 0 Å². The second-order valence-corrected chi connectivity index (χ2v) is 6.00. The quantitative estimate of drug-likeness (QED) is 0.792. The van der Waals surface area contributed by atoms with E-state index in [2.05, 4.69) is 5.32 Å². The minimum Gasteiger partial charge on any atom is -0.493 e. The lowest BCUT2D eigenvalue weighted by Crippen LogP contribution is -2.42. The average Bonchev–Trinajstić information content (AvgIpc) is 2.87. The van der Waals surface area contributed by atoms with E-state index < -0.39 is 0 Å². The highest BCUT2D eigenvalue weighted by Gasteiger charge is 2.30. The number of carbonyl (C=O) groups excluding carboxylic acids is 1. The van der Waals surface area contributed by atoms with Gasteiger partial charge in [0.25, 0.3) is 0 Å². The summed E-state index contributed by atoms with van der Waals surface area (Å²) < 4.78 is 5.58. The van der Waals surface area contributed by atoms with Gasteiger partial charge in [-0.15, -0.1) is 0 Å². The average molecular weight is 306 g/mol. The summed E-state index contributed by atoms with van der Waals surface area (Å²) in [7, 11) is 0. The van der Waals surface area contributed by atoms with Gasteiger partial charge in [0.2, 0.25) is 5.91 Å². The number of benzene rings is 1. The van der Waals surface area contributed by atoms with Gasteiger partial charge in [-0.3, -0.25) is 4.79 Å². The molecule has 1 aromatic rings. The van der Waals surface area contributed by atoms with E-state index in [9.17, 15) is 4.79 Å². The van der Waals surface area contributed by atoms with Gasteiger partial charge in [0.1, 0.15) is 5.75 Å². The smallest absolute Gasteiger partial charge is 0.223 e. The highest BCUT2D eigenvalue weighted by molar-refractivity contribution is 7.80. The molecule has 0 bridgehead atoms. The van der Waals surface area contributed by atoms with Gasteiger partial charge in [-0.1, -0.05) is 30.8 Å². The molecule has 0 aliphatic heterocycles. The van der Waals surface area contributed by atoms with Crippen molar-refractivity contribution in [3.05, 3.63) is 29.8 Å². The number of aryl methyl sites for hydroxylation is 1. The van der Waals surface area contributed by atoms with E-state index in [1.165, 1.54) is 0 Å². The molecule has 5 heteroatoms. The Balaban J connectivity index is 1.74. The number of nitrogens with two attached hydrogens (primary N) is 1. The molecule has 2 unspecified atom stereocenters. The fraction of sp³-hybridized carbons (Fsp3) is 0.500. The highest BCUT2D eigenvalue weighted by Crippen LogP contribution is 2.25. The Morgan fingerprint density at radius 2 is 2.29 bits per heavy atom. The lowest BCUT2D eigenvalue weighted by atomic mass is 10.0. The summed E-state index contributed by atoms with van der Waals surface area (Å²) in [4.78, 5) is 12.5. The molecule has 1 aliphatic rings. The molecule has 0 aromatic heterocycles. The first-order valence-corrected chi connectivity index (χ1v) is 7.75. The van der Waals surface area contributed by atoms with Crippen LogP contribution in [0.4, 0.5) is 0 Å². The fourth-order valence-corrected chi connectivity index (χ4v) is 3.00. The summed E-state index contributed by atoms with van der Waals surface area (Å²) in [6.45, 7) is 2.38. The zero-order chi connectivity index (χ0) is 15.2. The zero-order valence-electron chi connectivity index (χ0n) is 12.3. The molecule has 1 aromatic carbocycles. The third-order valence-corrected chi connectivity index (χ3v) is 4.12. The minimum atomic E-state index is -0.00389. The van der Waals surface area contributed by atoms with Gasteiger partial charge >= 0.3 is 0 Å². The van der Waals surface area contributed by atoms with Crippen LogP contribution in [0.15, 0.2) is 24.3 Å². The topological polar surface area (TPSA) is 64.3 Å². The summed E-state index contributed by atoms with van der Waals surface area (Å²) in [5.41, 5.74) is 6.85. The van der Waals surface area contributed by atoms with Crippen LogP contribution in [0.25, 0.3) is 0 Å². The Morgan fingerprint density at radius 3 is 3.00 bits per heavy atom. The molecule has 0 heterocycles. The number of hydrogen-bond acceptors (Lipinski definition) is 3. The van der Waals surface area contributed by atoms with Crippen molar-refractivity contribution >= 4 is 23.1 Å². The SMILES string of the molecule is Cc1cccc(OCCC(=O)NC2CCCC2C(N)=S)c1. The van der Waals surface area contributed by atoms with Crippen LogP contribution in [-0.2, 0) is 4.79 Å². The lowest BCUT2D eigenvalue weighted by Gasteiger charge is -2.19. The van der Waals surface area contributed by atoms with Crippen LogP contribution >= 0.6 is 12.2 Å². The maximum atomic E-state index is 11.9. The first kappa shape index (κ1) is 15.8. The van der Waals surface area contributed by atoms with Crippen molar-refractivity contribution in [1.29, 1.82) is 0 Å². The van der Waals surface area contributed by atoms with Gasteiger partial charge < -0.3 is 15.8 Å². The standard InChI is InChI=1S/C16H22N2O2S/c1-11-4-2-5-12(10-11)20-9-8-15(19)18-14-7-3-6-13(14)16(17)21/h2,4-5,10,13-14H,3,6-9H2,1H3,(H2,17,21)(H,18,19). The van der Waals surface area contributed by atoms with E-state index in [1.54, 1.807) is 0 Å². The normalized spacial score (nSPS) is 21.0. The molecule has 1 fully saturated rings. The molecular weight excluding hydrogens is 284 g/mol. The number of hydrogen-bond donors (Lipinski definition) is 2. The number of nitrogens with one attached hydrogen (secondary N) is 1. The molecule has 2 atom stereocenters. The minimum absolute atomic E-state index is 0.00389. The molecule has 0 radical (unpaired) electrons. The predicted octanol–water partition coefficient (Wildman–Crippen LogP) is 2.33. The van der Waals surface area contributed by atoms with E-state index >= 15 is 0 Å². The van der Waals surface area contributed by atoms with Crippen molar-refractivity contribution in [2.75, 3.05) is 6.61 Å². The van der Waals surface area contributed by atoms with E-state index in [1.807, 2.05) is 31.2 Å². The van der Waals surface area contributed by atoms with Gasteiger partial charge in [-0.25, -0.2) is 0 Å². The monoisotopic (exact) mass is 306 g/mol. The molecule has 4 nitrogen and oxygen atoms in total. The molecule has 2 rings (SSSR count). The third-order valence-electron chi connectivity index (χ3n) is 3.82. The van der Waals surface area contributed by atoms with Gasteiger partial charge in [0.05, 0.1) is 18.0 Å².